The Morgan fingerprint density at radius 1 is 1.25 bits per heavy atom. The number of aliphatic hydroxyl groups excluding tert-OH is 2. The van der Waals surface area contributed by atoms with Crippen molar-refractivity contribution in [2.24, 2.45) is 0 Å². The highest BCUT2D eigenvalue weighted by atomic mass is 16.6. The number of carbonyl (C=O) groups is 1. The lowest BCUT2D eigenvalue weighted by Gasteiger charge is -2.33. The third-order valence-corrected chi connectivity index (χ3v) is 4.34. The SMILES string of the molecule is Nc1ncnc2c1ncn2C1OC2C(O)CC(C(=O)O)OC2C1O. The predicted molar refractivity (Wildman–Crippen MR) is 76.6 cm³/mol. The number of carboxylic acids is 1. The Morgan fingerprint density at radius 2 is 2.04 bits per heavy atom. The molecule has 0 saturated carbocycles. The molecule has 5 N–H and O–H groups in total. The zero-order valence-electron chi connectivity index (χ0n) is 12.3. The summed E-state index contributed by atoms with van der Waals surface area (Å²) in [6.07, 6.45) is -3.71. The summed E-state index contributed by atoms with van der Waals surface area (Å²) in [5.74, 6) is -1.01. The number of aromatic nitrogens is 4. The molecule has 2 aromatic heterocycles. The normalized spacial score (nSPS) is 35.9. The summed E-state index contributed by atoms with van der Waals surface area (Å²) >= 11 is 0. The Kier molecular flexibility index (Phi) is 3.38. The Hall–Kier alpha value is -2.34. The molecule has 6 unspecified atom stereocenters. The average molecular weight is 337 g/mol. The first-order valence-electron chi connectivity index (χ1n) is 7.30. The maximum absolute atomic E-state index is 11.1. The highest BCUT2D eigenvalue weighted by Crippen LogP contribution is 2.39. The Balaban J connectivity index is 1.68. The maximum atomic E-state index is 11.1. The summed E-state index contributed by atoms with van der Waals surface area (Å²) in [4.78, 5) is 23.1. The number of nitrogen functional groups attached to an aromatic ring is 1. The minimum absolute atomic E-state index is 0.115. The van der Waals surface area contributed by atoms with Crippen molar-refractivity contribution < 1.29 is 29.6 Å². The van der Waals surface area contributed by atoms with E-state index in [1.165, 1.54) is 17.2 Å². The van der Waals surface area contributed by atoms with Crippen molar-refractivity contribution in [3.05, 3.63) is 12.7 Å². The highest BCUT2D eigenvalue weighted by molar-refractivity contribution is 5.81. The Labute approximate surface area is 134 Å². The van der Waals surface area contributed by atoms with Crippen LogP contribution in [0.5, 0.6) is 0 Å². The van der Waals surface area contributed by atoms with Crippen molar-refractivity contribution in [3.63, 3.8) is 0 Å². The fraction of sp³-hybridized carbons (Fsp3) is 0.538. The van der Waals surface area contributed by atoms with Crippen LogP contribution in [0.25, 0.3) is 11.2 Å². The van der Waals surface area contributed by atoms with Crippen LogP contribution in [0, 0.1) is 0 Å². The molecule has 2 saturated heterocycles. The van der Waals surface area contributed by atoms with Crippen LogP contribution >= 0.6 is 0 Å². The fourth-order valence-electron chi connectivity index (χ4n) is 3.19. The van der Waals surface area contributed by atoms with Gasteiger partial charge in [0.05, 0.1) is 12.4 Å². The van der Waals surface area contributed by atoms with Crippen molar-refractivity contribution >= 4 is 23.0 Å². The number of fused-ring (bicyclic) bond motifs is 2. The number of hydrogen-bond acceptors (Lipinski definition) is 9. The van der Waals surface area contributed by atoms with Crippen molar-refractivity contribution in [1.29, 1.82) is 0 Å². The van der Waals surface area contributed by atoms with E-state index >= 15 is 0 Å². The molecule has 11 heteroatoms. The van der Waals surface area contributed by atoms with Crippen LogP contribution in [0.2, 0.25) is 0 Å². The monoisotopic (exact) mass is 337 g/mol. The van der Waals surface area contributed by atoms with Crippen LogP contribution in [0.3, 0.4) is 0 Å². The van der Waals surface area contributed by atoms with E-state index in [9.17, 15) is 15.0 Å². The van der Waals surface area contributed by atoms with E-state index in [0.717, 1.165) is 0 Å². The molecule has 0 aromatic carbocycles. The second kappa shape index (κ2) is 5.34. The molecule has 0 spiro atoms. The van der Waals surface area contributed by atoms with Crippen molar-refractivity contribution in [2.75, 3.05) is 5.73 Å². The van der Waals surface area contributed by atoms with E-state index in [4.69, 9.17) is 20.3 Å². The summed E-state index contributed by atoms with van der Waals surface area (Å²) in [6, 6.07) is 0. The molecular weight excluding hydrogens is 322 g/mol. The van der Waals surface area contributed by atoms with Gasteiger partial charge < -0.3 is 30.5 Å². The van der Waals surface area contributed by atoms with Crippen LogP contribution in [0.1, 0.15) is 12.6 Å². The summed E-state index contributed by atoms with van der Waals surface area (Å²) in [7, 11) is 0. The zero-order chi connectivity index (χ0) is 17.0. The maximum Gasteiger partial charge on any atom is 0.332 e. The van der Waals surface area contributed by atoms with E-state index < -0.39 is 42.7 Å². The topological polar surface area (TPSA) is 166 Å². The average Bonchev–Trinajstić information content (AvgIpc) is 3.10. The lowest BCUT2D eigenvalue weighted by atomic mass is 9.96. The van der Waals surface area contributed by atoms with E-state index in [0.29, 0.717) is 11.2 Å². The molecule has 2 aromatic rings. The highest BCUT2D eigenvalue weighted by Gasteiger charge is 2.53. The van der Waals surface area contributed by atoms with Gasteiger partial charge in [0, 0.05) is 6.42 Å². The number of imidazole rings is 1. The lowest BCUT2D eigenvalue weighted by molar-refractivity contribution is -0.187. The number of hydrogen-bond donors (Lipinski definition) is 4. The standard InChI is InChI=1S/C13H15N5O6/c14-10-6-11(16-2-15-10)18(3-17-6)12-7(20)9-8(24-12)4(19)1-5(23-9)13(21)22/h2-5,7-9,12,19-20H,1H2,(H,21,22)(H2,14,15,16). The molecule has 0 aliphatic carbocycles. The van der Waals surface area contributed by atoms with E-state index in [1.54, 1.807) is 0 Å². The zero-order valence-corrected chi connectivity index (χ0v) is 12.3. The van der Waals surface area contributed by atoms with Crippen molar-refractivity contribution in [1.82, 2.24) is 19.5 Å². The van der Waals surface area contributed by atoms with Crippen LogP contribution in [0.4, 0.5) is 5.82 Å². The molecule has 2 aliphatic heterocycles. The molecule has 6 atom stereocenters. The summed E-state index contributed by atoms with van der Waals surface area (Å²) in [5, 5.41) is 29.7. The molecule has 11 nitrogen and oxygen atoms in total. The molecule has 2 aliphatic rings. The number of nitrogens with two attached hydrogens (primary N) is 1. The molecule has 2 fully saturated rings. The van der Waals surface area contributed by atoms with E-state index in [2.05, 4.69) is 15.0 Å². The fourth-order valence-corrected chi connectivity index (χ4v) is 3.19. The molecule has 0 bridgehead atoms. The van der Waals surface area contributed by atoms with Crippen molar-refractivity contribution in [3.8, 4) is 0 Å². The van der Waals surface area contributed by atoms with E-state index in [1.807, 2.05) is 0 Å². The number of aliphatic hydroxyl groups is 2. The molecule has 24 heavy (non-hydrogen) atoms. The lowest BCUT2D eigenvalue weighted by Crippen LogP contribution is -2.51. The first-order chi connectivity index (χ1) is 11.5. The van der Waals surface area contributed by atoms with Crippen LogP contribution in [0.15, 0.2) is 12.7 Å². The van der Waals surface area contributed by atoms with Gasteiger partial charge in [0.2, 0.25) is 0 Å². The van der Waals surface area contributed by atoms with Gasteiger partial charge in [-0.1, -0.05) is 0 Å². The van der Waals surface area contributed by atoms with E-state index in [-0.39, 0.29) is 12.2 Å². The molecule has 4 heterocycles. The van der Waals surface area contributed by atoms with Gasteiger partial charge in [0.15, 0.2) is 23.8 Å². The number of rotatable bonds is 2. The smallest absolute Gasteiger partial charge is 0.332 e. The quantitative estimate of drug-likeness (QED) is 0.494. The predicted octanol–water partition coefficient (Wildman–Crippen LogP) is -1.73. The summed E-state index contributed by atoms with van der Waals surface area (Å²) in [5.41, 5.74) is 6.44. The van der Waals surface area contributed by atoms with Crippen LogP contribution in [-0.4, -0.2) is 71.3 Å². The second-order valence-corrected chi connectivity index (χ2v) is 5.80. The van der Waals surface area contributed by atoms with Gasteiger partial charge in [-0.25, -0.2) is 19.7 Å². The Bertz CT molecular complexity index is 796. The third kappa shape index (κ3) is 2.13. The largest absolute Gasteiger partial charge is 0.479 e. The molecule has 0 radical (unpaired) electrons. The first kappa shape index (κ1) is 15.2. The summed E-state index contributed by atoms with van der Waals surface area (Å²) in [6.45, 7) is 0. The summed E-state index contributed by atoms with van der Waals surface area (Å²) < 4.78 is 12.6. The number of ether oxygens (including phenoxy) is 2. The molecule has 0 amide bonds. The first-order valence-corrected chi connectivity index (χ1v) is 7.30. The molecule has 4 rings (SSSR count). The number of anilines is 1. The van der Waals surface area contributed by atoms with Crippen LogP contribution in [-0.2, 0) is 14.3 Å². The molecular formula is C13H15N5O6. The minimum atomic E-state index is -1.21. The van der Waals surface area contributed by atoms with Gasteiger partial charge in [-0.2, -0.15) is 0 Å². The van der Waals surface area contributed by atoms with Gasteiger partial charge in [-0.15, -0.1) is 0 Å². The Morgan fingerprint density at radius 3 is 2.79 bits per heavy atom. The second-order valence-electron chi connectivity index (χ2n) is 5.80. The number of aliphatic carboxylic acids is 1. The van der Waals surface area contributed by atoms with Crippen molar-refractivity contribution in [2.45, 2.75) is 43.2 Å². The van der Waals surface area contributed by atoms with Gasteiger partial charge in [-0.3, -0.25) is 4.57 Å². The number of nitrogens with zero attached hydrogens (tertiary/aromatic N) is 4. The van der Waals surface area contributed by atoms with Gasteiger partial charge in [0.1, 0.15) is 30.2 Å². The van der Waals surface area contributed by atoms with Gasteiger partial charge in [-0.05, 0) is 0 Å². The van der Waals surface area contributed by atoms with Crippen LogP contribution < -0.4 is 5.73 Å². The van der Waals surface area contributed by atoms with Gasteiger partial charge in [0.25, 0.3) is 0 Å². The third-order valence-electron chi connectivity index (χ3n) is 4.34. The minimum Gasteiger partial charge on any atom is -0.479 e. The number of carboxylic acid groups (broad SMARTS) is 1. The molecule has 128 valence electrons. The van der Waals surface area contributed by atoms with Gasteiger partial charge >= 0.3 is 5.97 Å².